The van der Waals surface area contributed by atoms with E-state index in [1.165, 1.54) is 12.8 Å². The molecular formula is C31H31N9. The Hall–Kier alpha value is -4.55. The van der Waals surface area contributed by atoms with Gasteiger partial charge in [-0.1, -0.05) is 6.07 Å². The van der Waals surface area contributed by atoms with E-state index in [0.29, 0.717) is 17.6 Å². The summed E-state index contributed by atoms with van der Waals surface area (Å²) in [4.78, 5) is 14.5. The number of fused-ring (bicyclic) bond motifs is 3. The van der Waals surface area contributed by atoms with Crippen LogP contribution in [0.3, 0.4) is 0 Å². The first-order chi connectivity index (χ1) is 19.6. The molecule has 0 radical (unpaired) electrons. The van der Waals surface area contributed by atoms with Crippen molar-refractivity contribution in [2.75, 3.05) is 18.0 Å². The minimum absolute atomic E-state index is 0.274. The maximum atomic E-state index is 9.78. The van der Waals surface area contributed by atoms with Gasteiger partial charge in [0.1, 0.15) is 11.9 Å². The van der Waals surface area contributed by atoms with Crippen molar-refractivity contribution in [1.82, 2.24) is 34.3 Å². The first kappa shape index (κ1) is 24.5. The number of anilines is 1. The van der Waals surface area contributed by atoms with Gasteiger partial charge in [0.15, 0.2) is 0 Å². The third-order valence-corrected chi connectivity index (χ3v) is 8.28. The second-order valence-electron chi connectivity index (χ2n) is 11.1. The molecule has 0 amide bonds. The molecule has 0 aliphatic carbocycles. The van der Waals surface area contributed by atoms with Crippen molar-refractivity contribution in [1.29, 1.82) is 5.26 Å². The maximum absolute atomic E-state index is 9.78. The zero-order valence-corrected chi connectivity index (χ0v) is 22.7. The molecule has 200 valence electrons. The van der Waals surface area contributed by atoms with Crippen molar-refractivity contribution >= 4 is 11.3 Å². The fraction of sp³-hybridized carbons (Fsp3) is 0.323. The molecule has 7 heterocycles. The Balaban J connectivity index is 1.17. The van der Waals surface area contributed by atoms with Crippen LogP contribution in [-0.2, 0) is 6.54 Å². The third kappa shape index (κ3) is 4.31. The lowest BCUT2D eigenvalue weighted by molar-refractivity contribution is 0.158. The Labute approximate surface area is 233 Å². The topological polar surface area (TPSA) is 91.2 Å². The number of pyridine rings is 3. The van der Waals surface area contributed by atoms with Gasteiger partial charge in [-0.15, -0.1) is 0 Å². The van der Waals surface area contributed by atoms with Crippen LogP contribution in [0.15, 0.2) is 73.6 Å². The maximum Gasteiger partial charge on any atom is 0.128 e. The normalized spacial score (nSPS) is 19.0. The van der Waals surface area contributed by atoms with Crippen molar-refractivity contribution in [3.63, 3.8) is 0 Å². The Kier molecular flexibility index (Phi) is 6.05. The number of nitrogens with zero attached hydrogens (tertiary/aromatic N) is 9. The molecular weight excluding hydrogens is 498 g/mol. The summed E-state index contributed by atoms with van der Waals surface area (Å²) >= 11 is 0. The quantitative estimate of drug-likeness (QED) is 0.307. The number of rotatable bonds is 6. The van der Waals surface area contributed by atoms with Gasteiger partial charge in [-0.3, -0.25) is 14.6 Å². The molecule has 9 nitrogen and oxygen atoms in total. The minimum atomic E-state index is 0.274. The van der Waals surface area contributed by atoms with Crippen LogP contribution in [0.25, 0.3) is 27.8 Å². The highest BCUT2D eigenvalue weighted by atomic mass is 15.3. The molecule has 0 aromatic carbocycles. The summed E-state index contributed by atoms with van der Waals surface area (Å²) in [5, 5.41) is 18.8. The van der Waals surface area contributed by atoms with Crippen molar-refractivity contribution in [3.05, 3.63) is 84.8 Å². The van der Waals surface area contributed by atoms with Gasteiger partial charge in [-0.25, -0.2) is 9.50 Å². The van der Waals surface area contributed by atoms with Gasteiger partial charge >= 0.3 is 0 Å². The summed E-state index contributed by atoms with van der Waals surface area (Å²) in [6.45, 7) is 7.06. The number of hydrogen-bond donors (Lipinski definition) is 0. The van der Waals surface area contributed by atoms with Crippen molar-refractivity contribution < 1.29 is 0 Å². The largest absolute Gasteiger partial charge is 0.353 e. The highest BCUT2D eigenvalue weighted by Crippen LogP contribution is 2.35. The first-order valence-corrected chi connectivity index (χ1v) is 13.9. The van der Waals surface area contributed by atoms with Gasteiger partial charge in [0.25, 0.3) is 0 Å². The SMILES string of the molecule is CC(C)n1cc(-c2cc(-c3ccc(N4CC5CCC(C4)N5Cc4ccccn4)nc3)c3c(C#N)cnn3c2)cn1. The second-order valence-corrected chi connectivity index (χ2v) is 11.1. The standard InChI is InChI=1S/C31H31N9/c1-21(2)39-17-25(15-35-39)23-11-29(31-24(12-32)14-36-40(31)16-23)22-6-9-30(34-13-22)37-19-27-7-8-28(20-37)38(27)18-26-5-3-4-10-33-26/h3-6,9-11,13-17,21,27-28H,7-8,18-20H2,1-2H3. The highest BCUT2D eigenvalue weighted by Gasteiger charge is 2.40. The molecule has 0 saturated carbocycles. The number of piperazine rings is 1. The van der Waals surface area contributed by atoms with E-state index in [-0.39, 0.29) is 6.04 Å². The molecule has 5 aromatic heterocycles. The van der Waals surface area contributed by atoms with Gasteiger partial charge < -0.3 is 4.90 Å². The fourth-order valence-electron chi connectivity index (χ4n) is 6.20. The Morgan fingerprint density at radius 3 is 2.45 bits per heavy atom. The van der Waals surface area contributed by atoms with Crippen molar-refractivity contribution in [3.8, 4) is 28.3 Å². The van der Waals surface area contributed by atoms with Crippen LogP contribution in [0.1, 0.15) is 44.0 Å². The van der Waals surface area contributed by atoms with E-state index in [4.69, 9.17) is 4.98 Å². The van der Waals surface area contributed by atoms with E-state index in [1.807, 2.05) is 41.7 Å². The average molecular weight is 530 g/mol. The average Bonchev–Trinajstić information content (AvgIpc) is 3.69. The lowest BCUT2D eigenvalue weighted by Gasteiger charge is -2.41. The number of nitriles is 1. The molecule has 2 unspecified atom stereocenters. The van der Waals surface area contributed by atoms with Crippen molar-refractivity contribution in [2.45, 2.75) is 51.4 Å². The molecule has 0 N–H and O–H groups in total. The van der Waals surface area contributed by atoms with Crippen LogP contribution in [0, 0.1) is 11.3 Å². The Morgan fingerprint density at radius 1 is 0.925 bits per heavy atom. The van der Waals surface area contributed by atoms with Crippen LogP contribution >= 0.6 is 0 Å². The van der Waals surface area contributed by atoms with Crippen LogP contribution in [-0.4, -0.2) is 59.4 Å². The predicted molar refractivity (Wildman–Crippen MR) is 154 cm³/mol. The smallest absolute Gasteiger partial charge is 0.128 e. The molecule has 5 aromatic rings. The van der Waals surface area contributed by atoms with Crippen LogP contribution in [0.4, 0.5) is 5.82 Å². The van der Waals surface area contributed by atoms with Crippen LogP contribution in [0.2, 0.25) is 0 Å². The van der Waals surface area contributed by atoms with E-state index < -0.39 is 0 Å². The second kappa shape index (κ2) is 9.88. The molecule has 2 atom stereocenters. The predicted octanol–water partition coefficient (Wildman–Crippen LogP) is 4.96. The van der Waals surface area contributed by atoms with E-state index >= 15 is 0 Å². The van der Waals surface area contributed by atoms with E-state index in [0.717, 1.165) is 58.9 Å². The van der Waals surface area contributed by atoms with Crippen molar-refractivity contribution in [2.24, 2.45) is 0 Å². The summed E-state index contributed by atoms with van der Waals surface area (Å²) in [5.74, 6) is 0.998. The van der Waals surface area contributed by atoms with Crippen LogP contribution < -0.4 is 4.90 Å². The Morgan fingerprint density at radius 2 is 1.77 bits per heavy atom. The Bertz CT molecular complexity index is 1680. The number of aromatic nitrogens is 6. The lowest BCUT2D eigenvalue weighted by Crippen LogP contribution is -2.53. The minimum Gasteiger partial charge on any atom is -0.353 e. The molecule has 40 heavy (non-hydrogen) atoms. The summed E-state index contributed by atoms with van der Waals surface area (Å²) in [5.41, 5.74) is 6.37. The number of hydrogen-bond acceptors (Lipinski definition) is 7. The van der Waals surface area contributed by atoms with Gasteiger partial charge in [-0.05, 0) is 57.0 Å². The zero-order valence-electron chi connectivity index (χ0n) is 22.7. The van der Waals surface area contributed by atoms with Gasteiger partial charge in [-0.2, -0.15) is 15.5 Å². The fourth-order valence-corrected chi connectivity index (χ4v) is 6.20. The summed E-state index contributed by atoms with van der Waals surface area (Å²) in [6, 6.07) is 16.1. The molecule has 7 rings (SSSR count). The van der Waals surface area contributed by atoms with E-state index in [9.17, 15) is 5.26 Å². The molecule has 9 heteroatoms. The summed E-state index contributed by atoms with van der Waals surface area (Å²) in [6.07, 6.45) is 13.7. The van der Waals surface area contributed by atoms with E-state index in [1.54, 1.807) is 10.7 Å². The van der Waals surface area contributed by atoms with E-state index in [2.05, 4.69) is 75.2 Å². The summed E-state index contributed by atoms with van der Waals surface area (Å²) in [7, 11) is 0. The molecule has 2 aliphatic heterocycles. The molecule has 0 spiro atoms. The molecule has 2 aliphatic rings. The first-order valence-electron chi connectivity index (χ1n) is 13.9. The van der Waals surface area contributed by atoms with Gasteiger partial charge in [0.2, 0.25) is 0 Å². The molecule has 2 fully saturated rings. The molecule has 2 saturated heterocycles. The van der Waals surface area contributed by atoms with Gasteiger partial charge in [0.05, 0.1) is 29.2 Å². The zero-order chi connectivity index (χ0) is 27.2. The monoisotopic (exact) mass is 529 g/mol. The van der Waals surface area contributed by atoms with Gasteiger partial charge in [0, 0.05) is 84.8 Å². The summed E-state index contributed by atoms with van der Waals surface area (Å²) < 4.78 is 3.74. The van der Waals surface area contributed by atoms with Crippen LogP contribution in [0.5, 0.6) is 0 Å². The highest BCUT2D eigenvalue weighted by molar-refractivity contribution is 5.87. The molecule has 2 bridgehead atoms. The third-order valence-electron chi connectivity index (χ3n) is 8.28. The lowest BCUT2D eigenvalue weighted by atomic mass is 10.0.